The Labute approximate surface area is 162 Å². The van der Waals surface area contributed by atoms with Gasteiger partial charge in [0.1, 0.15) is 17.3 Å². The van der Waals surface area contributed by atoms with Crippen molar-refractivity contribution in [3.63, 3.8) is 0 Å². The van der Waals surface area contributed by atoms with E-state index >= 15 is 0 Å². The van der Waals surface area contributed by atoms with Crippen LogP contribution in [0.15, 0.2) is 46.2 Å². The van der Waals surface area contributed by atoms with Gasteiger partial charge in [-0.05, 0) is 30.3 Å². The lowest BCUT2D eigenvalue weighted by molar-refractivity contribution is 0.0705. The molecule has 0 unspecified atom stereocenters. The van der Waals surface area contributed by atoms with Gasteiger partial charge in [-0.3, -0.25) is 14.8 Å². The molecule has 0 saturated heterocycles. The van der Waals surface area contributed by atoms with Crippen LogP contribution in [0.5, 0.6) is 0 Å². The number of aromatic nitrogens is 1. The molecule has 4 rings (SSSR count). The summed E-state index contributed by atoms with van der Waals surface area (Å²) in [4.78, 5) is 26.9. The molecule has 6 nitrogen and oxygen atoms in total. The minimum absolute atomic E-state index is 0.205. The summed E-state index contributed by atoms with van der Waals surface area (Å²) < 4.78 is 30.0. The number of nitrogens with one attached hydrogen (secondary N) is 1. The molecule has 144 valence electrons. The van der Waals surface area contributed by atoms with Crippen molar-refractivity contribution in [3.8, 4) is 0 Å². The van der Waals surface area contributed by atoms with Crippen molar-refractivity contribution in [3.05, 3.63) is 59.3 Å². The summed E-state index contributed by atoms with van der Waals surface area (Å²) in [5.41, 5.74) is 2.33. The molecule has 2 aromatic carbocycles. The minimum Gasteiger partial charge on any atom is -0.339 e. The van der Waals surface area contributed by atoms with E-state index in [2.05, 4.69) is 0 Å². The van der Waals surface area contributed by atoms with Gasteiger partial charge in [0.2, 0.25) is 0 Å². The third-order valence-electron chi connectivity index (χ3n) is 4.67. The van der Waals surface area contributed by atoms with Crippen LogP contribution in [0.1, 0.15) is 20.8 Å². The van der Waals surface area contributed by atoms with Gasteiger partial charge in [0.15, 0.2) is 0 Å². The lowest BCUT2D eigenvalue weighted by atomic mass is 10.2. The van der Waals surface area contributed by atoms with Crippen molar-refractivity contribution >= 4 is 34.5 Å². The summed E-state index contributed by atoms with van der Waals surface area (Å²) in [7, 11) is 1.66. The van der Waals surface area contributed by atoms with E-state index in [1.165, 1.54) is 30.0 Å². The molecule has 9 heteroatoms. The first-order chi connectivity index (χ1) is 13.4. The molecule has 0 fully saturated rings. The number of rotatable bonds is 3. The molecular weight excluding hydrogens is 388 g/mol. The SMILES string of the molecule is CN1CCn2c(c(Sc3ccc(C(=O)NO)cc3)c3cc(F)cc(F)c32)C1=O. The van der Waals surface area contributed by atoms with E-state index in [0.29, 0.717) is 34.0 Å². The number of hydroxylamine groups is 1. The molecule has 0 aliphatic carbocycles. The van der Waals surface area contributed by atoms with E-state index < -0.39 is 17.5 Å². The number of nitrogens with zero attached hydrogens (tertiary/aromatic N) is 2. The molecule has 3 aromatic rings. The van der Waals surface area contributed by atoms with Crippen LogP contribution in [0, 0.1) is 11.6 Å². The second-order valence-electron chi connectivity index (χ2n) is 6.41. The zero-order valence-electron chi connectivity index (χ0n) is 14.7. The lowest BCUT2D eigenvalue weighted by Gasteiger charge is -2.25. The van der Waals surface area contributed by atoms with Gasteiger partial charge in [0.25, 0.3) is 11.8 Å². The summed E-state index contributed by atoms with van der Waals surface area (Å²) in [6.45, 7) is 0.842. The Balaban J connectivity index is 1.86. The van der Waals surface area contributed by atoms with Crippen molar-refractivity contribution in [1.82, 2.24) is 14.9 Å². The number of carbonyl (C=O) groups is 2. The fourth-order valence-electron chi connectivity index (χ4n) is 3.30. The molecular formula is C19H15F2N3O3S. The second-order valence-corrected chi connectivity index (χ2v) is 7.49. The van der Waals surface area contributed by atoms with Crippen LogP contribution in [0.2, 0.25) is 0 Å². The molecule has 0 atom stereocenters. The number of likely N-dealkylation sites (N-methyl/N-ethyl adjacent to an activating group) is 1. The van der Waals surface area contributed by atoms with Gasteiger partial charge in [0, 0.05) is 42.0 Å². The van der Waals surface area contributed by atoms with E-state index in [1.54, 1.807) is 34.1 Å². The van der Waals surface area contributed by atoms with Crippen LogP contribution in [0.3, 0.4) is 0 Å². The minimum atomic E-state index is -0.717. The average Bonchev–Trinajstić information content (AvgIpc) is 2.99. The third kappa shape index (κ3) is 2.92. The number of amides is 2. The highest BCUT2D eigenvalue weighted by Crippen LogP contribution is 2.41. The van der Waals surface area contributed by atoms with Gasteiger partial charge < -0.3 is 9.47 Å². The summed E-state index contributed by atoms with van der Waals surface area (Å²) in [6.07, 6.45) is 0. The Hall–Kier alpha value is -2.91. The first-order valence-electron chi connectivity index (χ1n) is 8.39. The molecule has 0 bridgehead atoms. The molecule has 28 heavy (non-hydrogen) atoms. The van der Waals surface area contributed by atoms with Crippen molar-refractivity contribution < 1.29 is 23.6 Å². The van der Waals surface area contributed by atoms with Crippen LogP contribution in [0.25, 0.3) is 10.9 Å². The standard InChI is InChI=1S/C19H15F2N3O3S/c1-23-6-7-24-15-13(8-11(20)9-14(15)21)17(16(24)19(23)26)28-12-4-2-10(3-5-12)18(25)22-27/h2-5,8-9,27H,6-7H2,1H3,(H,22,25). The van der Waals surface area contributed by atoms with Gasteiger partial charge in [-0.2, -0.15) is 0 Å². The monoisotopic (exact) mass is 403 g/mol. The second kappa shape index (κ2) is 6.92. The van der Waals surface area contributed by atoms with Crippen molar-refractivity contribution in [2.45, 2.75) is 16.3 Å². The zero-order chi connectivity index (χ0) is 20.0. The van der Waals surface area contributed by atoms with Crippen LogP contribution in [-0.2, 0) is 6.54 Å². The quantitative estimate of drug-likeness (QED) is 0.520. The summed E-state index contributed by atoms with van der Waals surface area (Å²) in [5.74, 6) is -2.34. The van der Waals surface area contributed by atoms with Crippen LogP contribution >= 0.6 is 11.8 Å². The molecule has 1 aliphatic heterocycles. The van der Waals surface area contributed by atoms with Gasteiger partial charge in [-0.25, -0.2) is 14.3 Å². The molecule has 2 N–H and O–H groups in total. The Morgan fingerprint density at radius 3 is 2.57 bits per heavy atom. The van der Waals surface area contributed by atoms with Crippen LogP contribution in [-0.4, -0.2) is 40.1 Å². The predicted molar refractivity (Wildman–Crippen MR) is 98.6 cm³/mol. The highest BCUT2D eigenvalue weighted by molar-refractivity contribution is 7.99. The van der Waals surface area contributed by atoms with E-state index in [4.69, 9.17) is 5.21 Å². The average molecular weight is 403 g/mol. The van der Waals surface area contributed by atoms with Gasteiger partial charge >= 0.3 is 0 Å². The normalized spacial score (nSPS) is 13.7. The predicted octanol–water partition coefficient (Wildman–Crippen LogP) is 3.28. The number of fused-ring (bicyclic) bond motifs is 3. The fourth-order valence-corrected chi connectivity index (χ4v) is 4.37. The van der Waals surface area contributed by atoms with E-state index in [1.807, 2.05) is 0 Å². The highest BCUT2D eigenvalue weighted by atomic mass is 32.2. The van der Waals surface area contributed by atoms with E-state index in [-0.39, 0.29) is 17.0 Å². The first kappa shape index (κ1) is 18.5. The Kier molecular flexibility index (Phi) is 4.56. The molecule has 2 heterocycles. The third-order valence-corrected chi connectivity index (χ3v) is 5.80. The maximum absolute atomic E-state index is 14.5. The number of halogens is 2. The summed E-state index contributed by atoms with van der Waals surface area (Å²) in [5, 5.41) is 9.03. The van der Waals surface area contributed by atoms with Crippen molar-refractivity contribution in [2.75, 3.05) is 13.6 Å². The number of hydrogen-bond donors (Lipinski definition) is 2. The maximum Gasteiger partial charge on any atom is 0.274 e. The largest absolute Gasteiger partial charge is 0.339 e. The Bertz CT molecular complexity index is 1110. The summed E-state index contributed by atoms with van der Waals surface area (Å²) >= 11 is 1.19. The molecule has 0 radical (unpaired) electrons. The van der Waals surface area contributed by atoms with Gasteiger partial charge in [-0.1, -0.05) is 11.8 Å². The smallest absolute Gasteiger partial charge is 0.274 e. The molecule has 1 aromatic heterocycles. The highest BCUT2D eigenvalue weighted by Gasteiger charge is 2.31. The number of benzene rings is 2. The number of carbonyl (C=O) groups excluding carboxylic acids is 2. The molecule has 0 saturated carbocycles. The Morgan fingerprint density at radius 2 is 1.89 bits per heavy atom. The van der Waals surface area contributed by atoms with E-state index in [9.17, 15) is 18.4 Å². The van der Waals surface area contributed by atoms with Crippen LogP contribution < -0.4 is 5.48 Å². The van der Waals surface area contributed by atoms with Crippen LogP contribution in [0.4, 0.5) is 8.78 Å². The van der Waals surface area contributed by atoms with Gasteiger partial charge in [0.05, 0.1) is 10.4 Å². The zero-order valence-corrected chi connectivity index (χ0v) is 15.5. The number of hydrogen-bond acceptors (Lipinski definition) is 4. The Morgan fingerprint density at radius 1 is 1.18 bits per heavy atom. The molecule has 2 amide bonds. The van der Waals surface area contributed by atoms with Crippen molar-refractivity contribution in [1.29, 1.82) is 0 Å². The molecule has 1 aliphatic rings. The lowest BCUT2D eigenvalue weighted by Crippen LogP contribution is -2.37. The van der Waals surface area contributed by atoms with E-state index in [0.717, 1.165) is 6.07 Å². The summed E-state index contributed by atoms with van der Waals surface area (Å²) in [6, 6.07) is 8.33. The first-order valence-corrected chi connectivity index (χ1v) is 9.21. The fraction of sp³-hybridized carbons (Fsp3) is 0.158. The maximum atomic E-state index is 14.5. The van der Waals surface area contributed by atoms with Gasteiger partial charge in [-0.15, -0.1) is 0 Å². The molecule has 0 spiro atoms. The van der Waals surface area contributed by atoms with Crippen molar-refractivity contribution in [2.24, 2.45) is 0 Å². The topological polar surface area (TPSA) is 74.6 Å².